The van der Waals surface area contributed by atoms with Gasteiger partial charge in [-0.2, -0.15) is 0 Å². The summed E-state index contributed by atoms with van der Waals surface area (Å²) in [6, 6.07) is 0. The van der Waals surface area contributed by atoms with Crippen LogP contribution in [-0.2, 0) is 9.53 Å². The van der Waals surface area contributed by atoms with Crippen molar-refractivity contribution >= 4 is 5.91 Å². The first kappa shape index (κ1) is 14.4. The van der Waals surface area contributed by atoms with Crippen molar-refractivity contribution in [3.8, 4) is 0 Å². The second-order valence-electron chi connectivity index (χ2n) is 4.74. The Bertz CT molecular complexity index is 236. The minimum atomic E-state index is -0.635. The van der Waals surface area contributed by atoms with E-state index >= 15 is 0 Å². The molecule has 0 radical (unpaired) electrons. The lowest BCUT2D eigenvalue weighted by molar-refractivity contribution is -0.128. The normalized spacial score (nSPS) is 26.5. The topological polar surface area (TPSA) is 84.6 Å². The molecule has 1 amide bonds. The van der Waals surface area contributed by atoms with Crippen molar-refractivity contribution in [3.63, 3.8) is 0 Å². The number of hydrogen-bond donors (Lipinski definition) is 3. The fraction of sp³-hybridized carbons (Fsp3) is 0.917. The van der Waals surface area contributed by atoms with Gasteiger partial charge in [0.25, 0.3) is 0 Å². The second-order valence-corrected chi connectivity index (χ2v) is 4.74. The number of nitrogens with one attached hydrogen (secondary N) is 1. The summed E-state index contributed by atoms with van der Waals surface area (Å²) in [7, 11) is 1.52. The fourth-order valence-corrected chi connectivity index (χ4v) is 2.44. The monoisotopic (exact) mass is 244 g/mol. The van der Waals surface area contributed by atoms with E-state index in [0.29, 0.717) is 12.5 Å². The number of aliphatic hydroxyl groups excluding tert-OH is 1. The van der Waals surface area contributed by atoms with Crippen molar-refractivity contribution in [3.05, 3.63) is 0 Å². The van der Waals surface area contributed by atoms with Crippen molar-refractivity contribution in [2.24, 2.45) is 17.6 Å². The first-order valence-electron chi connectivity index (χ1n) is 6.33. The van der Waals surface area contributed by atoms with E-state index in [9.17, 15) is 9.90 Å². The Labute approximate surface area is 103 Å². The lowest BCUT2D eigenvalue weighted by Crippen LogP contribution is -2.42. The van der Waals surface area contributed by atoms with Gasteiger partial charge >= 0.3 is 0 Å². The van der Waals surface area contributed by atoms with Crippen LogP contribution in [0.1, 0.15) is 25.7 Å². The van der Waals surface area contributed by atoms with Gasteiger partial charge in [-0.05, 0) is 25.3 Å². The van der Waals surface area contributed by atoms with Crippen LogP contribution in [0.25, 0.3) is 0 Å². The molecule has 0 aliphatic heterocycles. The van der Waals surface area contributed by atoms with Gasteiger partial charge in [-0.15, -0.1) is 0 Å². The molecule has 1 saturated carbocycles. The summed E-state index contributed by atoms with van der Waals surface area (Å²) in [5.41, 5.74) is 5.69. The van der Waals surface area contributed by atoms with Crippen LogP contribution in [0.4, 0.5) is 0 Å². The number of amides is 1. The first-order chi connectivity index (χ1) is 8.19. The summed E-state index contributed by atoms with van der Waals surface area (Å²) < 4.78 is 4.80. The molecule has 17 heavy (non-hydrogen) atoms. The third kappa shape index (κ3) is 4.61. The molecule has 0 aromatic rings. The maximum absolute atomic E-state index is 12.0. The standard InChI is InChI=1S/C12H24N2O3/c1-17-8-10(15)7-14-12(16)11-5-3-2-4-9(11)6-13/h9-11,15H,2-8,13H2,1H3,(H,14,16). The smallest absolute Gasteiger partial charge is 0.223 e. The van der Waals surface area contributed by atoms with E-state index in [1.807, 2.05) is 0 Å². The van der Waals surface area contributed by atoms with Gasteiger partial charge in [0, 0.05) is 19.6 Å². The minimum absolute atomic E-state index is 0.0171. The molecule has 3 atom stereocenters. The van der Waals surface area contributed by atoms with Gasteiger partial charge in [-0.1, -0.05) is 12.8 Å². The maximum atomic E-state index is 12.0. The fourth-order valence-electron chi connectivity index (χ4n) is 2.44. The lowest BCUT2D eigenvalue weighted by atomic mass is 9.79. The lowest BCUT2D eigenvalue weighted by Gasteiger charge is -2.29. The Morgan fingerprint density at radius 3 is 2.88 bits per heavy atom. The number of methoxy groups -OCH3 is 1. The average molecular weight is 244 g/mol. The summed E-state index contributed by atoms with van der Waals surface area (Å²) >= 11 is 0. The van der Waals surface area contributed by atoms with Crippen molar-refractivity contribution < 1.29 is 14.6 Å². The van der Waals surface area contributed by atoms with Crippen molar-refractivity contribution in [1.82, 2.24) is 5.32 Å². The van der Waals surface area contributed by atoms with E-state index in [0.717, 1.165) is 25.7 Å². The van der Waals surface area contributed by atoms with Gasteiger partial charge in [0.05, 0.1) is 12.7 Å². The highest BCUT2D eigenvalue weighted by Crippen LogP contribution is 2.29. The molecule has 0 aromatic heterocycles. The molecule has 5 heteroatoms. The molecule has 5 nitrogen and oxygen atoms in total. The molecule has 0 aromatic carbocycles. The summed E-state index contributed by atoms with van der Waals surface area (Å²) in [4.78, 5) is 12.0. The molecule has 0 saturated heterocycles. The molecule has 0 bridgehead atoms. The van der Waals surface area contributed by atoms with Crippen LogP contribution >= 0.6 is 0 Å². The minimum Gasteiger partial charge on any atom is -0.389 e. The quantitative estimate of drug-likeness (QED) is 0.608. The number of aliphatic hydroxyl groups is 1. The zero-order valence-corrected chi connectivity index (χ0v) is 10.5. The van der Waals surface area contributed by atoms with Crippen LogP contribution in [0, 0.1) is 11.8 Å². The molecule has 1 fully saturated rings. The number of rotatable bonds is 6. The molecule has 3 unspecified atom stereocenters. The van der Waals surface area contributed by atoms with Gasteiger partial charge in [0.15, 0.2) is 0 Å². The second kappa shape index (κ2) is 7.63. The van der Waals surface area contributed by atoms with Crippen LogP contribution in [0.2, 0.25) is 0 Å². The summed E-state index contributed by atoms with van der Waals surface area (Å²) in [5.74, 6) is 0.335. The van der Waals surface area contributed by atoms with E-state index in [1.165, 1.54) is 7.11 Å². The number of hydrogen-bond acceptors (Lipinski definition) is 4. The Balaban J connectivity index is 2.34. The molecule has 1 aliphatic carbocycles. The maximum Gasteiger partial charge on any atom is 0.223 e. The Hall–Kier alpha value is -0.650. The molecule has 0 heterocycles. The predicted octanol–water partition coefficient (Wildman–Crippen LogP) is -0.125. The highest BCUT2D eigenvalue weighted by molar-refractivity contribution is 5.79. The van der Waals surface area contributed by atoms with Crippen LogP contribution in [-0.4, -0.2) is 43.9 Å². The number of ether oxygens (including phenoxy) is 1. The van der Waals surface area contributed by atoms with E-state index in [4.69, 9.17) is 10.5 Å². The largest absolute Gasteiger partial charge is 0.389 e. The number of nitrogens with two attached hydrogens (primary N) is 1. The van der Waals surface area contributed by atoms with Gasteiger partial charge in [0.1, 0.15) is 0 Å². The van der Waals surface area contributed by atoms with E-state index in [-0.39, 0.29) is 25.0 Å². The predicted molar refractivity (Wildman–Crippen MR) is 65.4 cm³/mol. The summed E-state index contributed by atoms with van der Waals surface area (Å²) in [5, 5.41) is 12.2. The van der Waals surface area contributed by atoms with E-state index < -0.39 is 6.10 Å². The van der Waals surface area contributed by atoms with Gasteiger partial charge in [-0.3, -0.25) is 4.79 Å². The van der Waals surface area contributed by atoms with E-state index in [2.05, 4.69) is 5.32 Å². The molecular weight excluding hydrogens is 220 g/mol. The van der Waals surface area contributed by atoms with Crippen molar-refractivity contribution in [1.29, 1.82) is 0 Å². The van der Waals surface area contributed by atoms with Crippen molar-refractivity contribution in [2.45, 2.75) is 31.8 Å². The zero-order chi connectivity index (χ0) is 12.7. The van der Waals surface area contributed by atoms with Crippen LogP contribution in [0.5, 0.6) is 0 Å². The Morgan fingerprint density at radius 2 is 2.24 bits per heavy atom. The van der Waals surface area contributed by atoms with Gasteiger partial charge < -0.3 is 20.9 Å². The Kier molecular flexibility index (Phi) is 6.47. The Morgan fingerprint density at radius 1 is 1.53 bits per heavy atom. The molecular formula is C12H24N2O3. The molecule has 4 N–H and O–H groups in total. The first-order valence-corrected chi connectivity index (χ1v) is 6.33. The average Bonchev–Trinajstić information content (AvgIpc) is 2.36. The summed E-state index contributed by atoms with van der Waals surface area (Å²) in [6.45, 7) is 1.06. The van der Waals surface area contributed by atoms with Crippen LogP contribution in [0.3, 0.4) is 0 Å². The third-order valence-corrected chi connectivity index (χ3v) is 3.42. The number of carbonyl (C=O) groups excluding carboxylic acids is 1. The molecule has 1 rings (SSSR count). The number of carbonyl (C=O) groups is 1. The van der Waals surface area contributed by atoms with Crippen LogP contribution < -0.4 is 11.1 Å². The highest BCUT2D eigenvalue weighted by atomic mass is 16.5. The molecule has 0 spiro atoms. The molecule has 100 valence electrons. The van der Waals surface area contributed by atoms with Crippen LogP contribution in [0.15, 0.2) is 0 Å². The third-order valence-electron chi connectivity index (χ3n) is 3.42. The van der Waals surface area contributed by atoms with Gasteiger partial charge in [-0.25, -0.2) is 0 Å². The zero-order valence-electron chi connectivity index (χ0n) is 10.5. The molecule has 1 aliphatic rings. The summed E-state index contributed by atoms with van der Waals surface area (Å²) in [6.07, 6.45) is 3.57. The highest BCUT2D eigenvalue weighted by Gasteiger charge is 2.29. The van der Waals surface area contributed by atoms with E-state index in [1.54, 1.807) is 0 Å². The SMILES string of the molecule is COCC(O)CNC(=O)C1CCCCC1CN. The van der Waals surface area contributed by atoms with Gasteiger partial charge in [0.2, 0.25) is 5.91 Å². The van der Waals surface area contributed by atoms with Crippen molar-refractivity contribution in [2.75, 3.05) is 26.8 Å².